The summed E-state index contributed by atoms with van der Waals surface area (Å²) in [5.41, 5.74) is 2.35. The molecule has 0 fully saturated rings. The summed E-state index contributed by atoms with van der Waals surface area (Å²) in [4.78, 5) is 36.6. The van der Waals surface area contributed by atoms with Gasteiger partial charge in [-0.15, -0.1) is 0 Å². The van der Waals surface area contributed by atoms with Gasteiger partial charge in [0.15, 0.2) is 5.69 Å². The highest BCUT2D eigenvalue weighted by Crippen LogP contribution is 2.20. The van der Waals surface area contributed by atoms with Gasteiger partial charge in [-0.05, 0) is 65.4 Å². The van der Waals surface area contributed by atoms with Crippen molar-refractivity contribution in [3.63, 3.8) is 0 Å². The molecule has 0 aliphatic rings. The number of fused-ring (bicyclic) bond motifs is 2. The molecule has 0 bridgehead atoms. The van der Waals surface area contributed by atoms with E-state index in [2.05, 4.69) is 33.0 Å². The van der Waals surface area contributed by atoms with Crippen LogP contribution in [0.15, 0.2) is 47.3 Å². The standard InChI is InChI=1S/C20H15IN4O4/c1-10-3-4-11(7-14(10)21)18(26)22-12-5-6-16-13(8-12)19(27)25-17(24(16)2)9-15(23-25)20(28)29/h3-9H,1-2H3,(H,22,26)(H,28,29). The van der Waals surface area contributed by atoms with E-state index in [4.69, 9.17) is 5.11 Å². The van der Waals surface area contributed by atoms with E-state index in [1.54, 1.807) is 41.9 Å². The Morgan fingerprint density at radius 3 is 2.59 bits per heavy atom. The molecule has 2 heterocycles. The normalized spacial score (nSPS) is 11.1. The number of carbonyl (C=O) groups is 2. The molecule has 2 aromatic carbocycles. The second-order valence-electron chi connectivity index (χ2n) is 6.62. The Balaban J connectivity index is 1.79. The van der Waals surface area contributed by atoms with Gasteiger partial charge in [0.05, 0.1) is 10.9 Å². The maximum absolute atomic E-state index is 12.8. The number of halogens is 1. The highest BCUT2D eigenvalue weighted by atomic mass is 127. The summed E-state index contributed by atoms with van der Waals surface area (Å²) >= 11 is 2.17. The van der Waals surface area contributed by atoms with E-state index in [-0.39, 0.29) is 11.6 Å². The third-order valence-corrected chi connectivity index (χ3v) is 5.89. The van der Waals surface area contributed by atoms with Crippen molar-refractivity contribution in [2.24, 2.45) is 7.05 Å². The molecule has 2 aromatic heterocycles. The number of rotatable bonds is 3. The number of benzene rings is 2. The van der Waals surface area contributed by atoms with E-state index < -0.39 is 11.5 Å². The Labute approximate surface area is 177 Å². The van der Waals surface area contributed by atoms with E-state index in [9.17, 15) is 14.4 Å². The van der Waals surface area contributed by atoms with E-state index in [0.29, 0.717) is 27.8 Å². The van der Waals surface area contributed by atoms with Crippen molar-refractivity contribution in [1.82, 2.24) is 14.2 Å². The molecule has 0 atom stereocenters. The number of aromatic nitrogens is 3. The van der Waals surface area contributed by atoms with Gasteiger partial charge < -0.3 is 15.0 Å². The van der Waals surface area contributed by atoms with Crippen LogP contribution in [0.25, 0.3) is 16.6 Å². The Kier molecular flexibility index (Phi) is 4.61. The van der Waals surface area contributed by atoms with Gasteiger partial charge >= 0.3 is 5.97 Å². The number of aryl methyl sites for hydroxylation is 2. The van der Waals surface area contributed by atoms with E-state index >= 15 is 0 Å². The van der Waals surface area contributed by atoms with E-state index in [0.717, 1.165) is 13.6 Å². The Morgan fingerprint density at radius 2 is 1.90 bits per heavy atom. The van der Waals surface area contributed by atoms with Gasteiger partial charge in [0.25, 0.3) is 11.5 Å². The second kappa shape index (κ2) is 6.99. The fourth-order valence-corrected chi connectivity index (χ4v) is 3.63. The first-order valence-electron chi connectivity index (χ1n) is 8.59. The van der Waals surface area contributed by atoms with Crippen LogP contribution in [0.4, 0.5) is 5.69 Å². The zero-order valence-electron chi connectivity index (χ0n) is 15.4. The number of aromatic carboxylic acids is 1. The molecule has 8 nitrogen and oxygen atoms in total. The molecule has 0 unspecified atom stereocenters. The lowest BCUT2D eigenvalue weighted by Crippen LogP contribution is -2.19. The summed E-state index contributed by atoms with van der Waals surface area (Å²) in [7, 11) is 1.72. The minimum Gasteiger partial charge on any atom is -0.476 e. The van der Waals surface area contributed by atoms with Crippen LogP contribution in [0.3, 0.4) is 0 Å². The lowest BCUT2D eigenvalue weighted by atomic mass is 10.1. The average molecular weight is 502 g/mol. The monoisotopic (exact) mass is 502 g/mol. The number of anilines is 1. The second-order valence-corrected chi connectivity index (χ2v) is 7.78. The van der Waals surface area contributed by atoms with Crippen molar-refractivity contribution in [1.29, 1.82) is 0 Å². The van der Waals surface area contributed by atoms with E-state index in [1.165, 1.54) is 6.07 Å². The minimum atomic E-state index is -1.21. The van der Waals surface area contributed by atoms with Crippen LogP contribution in [0.1, 0.15) is 26.4 Å². The van der Waals surface area contributed by atoms with Crippen LogP contribution < -0.4 is 10.9 Å². The number of amides is 1. The van der Waals surface area contributed by atoms with Crippen LogP contribution in [0.2, 0.25) is 0 Å². The van der Waals surface area contributed by atoms with Gasteiger partial charge in [-0.1, -0.05) is 6.07 Å². The minimum absolute atomic E-state index is 0.212. The Morgan fingerprint density at radius 1 is 1.14 bits per heavy atom. The molecule has 29 heavy (non-hydrogen) atoms. The highest BCUT2D eigenvalue weighted by molar-refractivity contribution is 14.1. The predicted octanol–water partition coefficient (Wildman–Crippen LogP) is 3.05. The number of carbonyl (C=O) groups excluding carboxylic acids is 1. The van der Waals surface area contributed by atoms with Crippen LogP contribution in [-0.4, -0.2) is 31.2 Å². The van der Waals surface area contributed by atoms with Crippen molar-refractivity contribution >= 4 is 56.7 Å². The fourth-order valence-electron chi connectivity index (χ4n) is 3.12. The van der Waals surface area contributed by atoms with Crippen LogP contribution in [0, 0.1) is 10.5 Å². The number of carboxylic acids is 1. The first kappa shape index (κ1) is 19.1. The molecular weight excluding hydrogens is 487 g/mol. The topological polar surface area (TPSA) is 106 Å². The largest absolute Gasteiger partial charge is 0.476 e. The first-order chi connectivity index (χ1) is 13.8. The summed E-state index contributed by atoms with van der Waals surface area (Å²) < 4.78 is 3.72. The average Bonchev–Trinajstić information content (AvgIpc) is 3.14. The van der Waals surface area contributed by atoms with Gasteiger partial charge in [0.2, 0.25) is 0 Å². The number of hydrogen-bond acceptors (Lipinski definition) is 4. The summed E-state index contributed by atoms with van der Waals surface area (Å²) in [5, 5.41) is 16.1. The van der Waals surface area contributed by atoms with Crippen LogP contribution >= 0.6 is 22.6 Å². The number of hydrogen-bond donors (Lipinski definition) is 2. The Bertz CT molecular complexity index is 1390. The quantitative estimate of drug-likeness (QED) is 0.419. The smallest absolute Gasteiger partial charge is 0.356 e. The van der Waals surface area contributed by atoms with Crippen molar-refractivity contribution in [3.8, 4) is 0 Å². The maximum Gasteiger partial charge on any atom is 0.356 e. The summed E-state index contributed by atoms with van der Waals surface area (Å²) in [6, 6.07) is 11.7. The van der Waals surface area contributed by atoms with E-state index in [1.807, 2.05) is 13.0 Å². The fraction of sp³-hybridized carbons (Fsp3) is 0.100. The lowest BCUT2D eigenvalue weighted by Gasteiger charge is -2.11. The highest BCUT2D eigenvalue weighted by Gasteiger charge is 2.16. The molecule has 0 spiro atoms. The molecule has 4 rings (SSSR count). The van der Waals surface area contributed by atoms with Gasteiger partial charge in [0, 0.05) is 27.9 Å². The Hall–Kier alpha value is -3.21. The molecule has 0 aliphatic carbocycles. The zero-order chi connectivity index (χ0) is 20.9. The molecular formula is C20H15IN4O4. The molecule has 0 radical (unpaired) electrons. The lowest BCUT2D eigenvalue weighted by molar-refractivity contribution is 0.0690. The van der Waals surface area contributed by atoms with Crippen molar-refractivity contribution < 1.29 is 14.7 Å². The van der Waals surface area contributed by atoms with Gasteiger partial charge in [-0.2, -0.15) is 9.61 Å². The molecule has 9 heteroatoms. The van der Waals surface area contributed by atoms with Gasteiger partial charge in [-0.3, -0.25) is 9.59 Å². The molecule has 0 aliphatic heterocycles. The SMILES string of the molecule is Cc1ccc(C(=O)Nc2ccc3c(c2)c(=O)n2nc(C(=O)O)cc2n3C)cc1I. The van der Waals surface area contributed by atoms with Crippen LogP contribution in [-0.2, 0) is 7.05 Å². The molecule has 1 amide bonds. The zero-order valence-corrected chi connectivity index (χ0v) is 17.6. The number of nitrogens with one attached hydrogen (secondary N) is 1. The number of nitrogens with zero attached hydrogens (tertiary/aromatic N) is 3. The maximum atomic E-state index is 12.8. The third-order valence-electron chi connectivity index (χ3n) is 4.73. The van der Waals surface area contributed by atoms with Crippen LogP contribution in [0.5, 0.6) is 0 Å². The van der Waals surface area contributed by atoms with Crippen molar-refractivity contribution in [3.05, 3.63) is 73.2 Å². The predicted molar refractivity (Wildman–Crippen MR) is 117 cm³/mol. The molecule has 0 saturated carbocycles. The van der Waals surface area contributed by atoms with Crippen molar-refractivity contribution in [2.75, 3.05) is 5.32 Å². The molecule has 0 saturated heterocycles. The first-order valence-corrected chi connectivity index (χ1v) is 9.67. The summed E-state index contributed by atoms with van der Waals surface area (Å²) in [6.07, 6.45) is 0. The molecule has 4 aromatic rings. The van der Waals surface area contributed by atoms with Gasteiger partial charge in [-0.25, -0.2) is 4.79 Å². The molecule has 2 N–H and O–H groups in total. The van der Waals surface area contributed by atoms with Crippen molar-refractivity contribution in [2.45, 2.75) is 6.92 Å². The number of carboxylic acid groups (broad SMARTS) is 1. The molecule has 146 valence electrons. The summed E-state index contributed by atoms with van der Waals surface area (Å²) in [5.74, 6) is -1.50. The third kappa shape index (κ3) is 3.27. The van der Waals surface area contributed by atoms with Gasteiger partial charge in [0.1, 0.15) is 5.65 Å². The summed E-state index contributed by atoms with van der Waals surface area (Å²) in [6.45, 7) is 1.97.